The average molecular weight is 198 g/mol. The normalized spacial score (nSPS) is 25.6. The van der Waals surface area contributed by atoms with Gasteiger partial charge in [0.1, 0.15) is 0 Å². The summed E-state index contributed by atoms with van der Waals surface area (Å²) in [4.78, 5) is 11.6. The molecule has 1 aliphatic rings. The molecule has 0 radical (unpaired) electrons. The molecule has 0 aromatic rings. The van der Waals surface area contributed by atoms with Gasteiger partial charge in [0, 0.05) is 6.04 Å². The zero-order valence-corrected chi connectivity index (χ0v) is 9.85. The lowest BCUT2D eigenvalue weighted by molar-refractivity contribution is -0.122. The molecule has 1 rings (SSSR count). The first-order valence-electron chi connectivity index (χ1n) is 5.31. The van der Waals surface area contributed by atoms with Crippen molar-refractivity contribution < 1.29 is 4.79 Å². The second-order valence-corrected chi connectivity index (χ2v) is 5.40. The van der Waals surface area contributed by atoms with Crippen molar-refractivity contribution in [3.05, 3.63) is 0 Å². The van der Waals surface area contributed by atoms with Crippen molar-refractivity contribution >= 4 is 5.91 Å². The van der Waals surface area contributed by atoms with E-state index in [0.717, 1.165) is 0 Å². The molecule has 0 spiro atoms. The van der Waals surface area contributed by atoms with Gasteiger partial charge >= 0.3 is 0 Å². The van der Waals surface area contributed by atoms with Gasteiger partial charge in [-0.3, -0.25) is 4.79 Å². The quantitative estimate of drug-likeness (QED) is 0.717. The van der Waals surface area contributed by atoms with Crippen molar-refractivity contribution in [1.29, 1.82) is 0 Å². The van der Waals surface area contributed by atoms with Crippen molar-refractivity contribution in [3.8, 4) is 0 Å². The summed E-state index contributed by atoms with van der Waals surface area (Å²) >= 11 is 0. The number of hydrogen-bond donors (Lipinski definition) is 2. The Labute approximate surface area is 86.4 Å². The van der Waals surface area contributed by atoms with Crippen molar-refractivity contribution in [1.82, 2.24) is 5.32 Å². The van der Waals surface area contributed by atoms with Crippen LogP contribution in [0.5, 0.6) is 0 Å². The fraction of sp³-hybridized carbons (Fsp3) is 0.909. The van der Waals surface area contributed by atoms with Gasteiger partial charge in [-0.05, 0) is 17.3 Å². The Balaban J connectivity index is 2.53. The Morgan fingerprint density at radius 1 is 1.36 bits per heavy atom. The highest BCUT2D eigenvalue weighted by atomic mass is 16.2. The lowest BCUT2D eigenvalue weighted by Gasteiger charge is -2.11. The minimum atomic E-state index is -0.359. The number of hydrogen-bond acceptors (Lipinski definition) is 2. The van der Waals surface area contributed by atoms with E-state index in [-0.39, 0.29) is 28.8 Å². The Morgan fingerprint density at radius 3 is 2.07 bits per heavy atom. The summed E-state index contributed by atoms with van der Waals surface area (Å²) in [5.41, 5.74) is 6.04. The van der Waals surface area contributed by atoms with Crippen LogP contribution in [-0.4, -0.2) is 18.0 Å². The Kier molecular flexibility index (Phi) is 2.65. The van der Waals surface area contributed by atoms with Crippen LogP contribution in [0.15, 0.2) is 0 Å². The molecule has 1 aliphatic carbocycles. The Hall–Kier alpha value is -0.570. The zero-order chi connectivity index (χ0) is 11.1. The van der Waals surface area contributed by atoms with E-state index in [4.69, 9.17) is 5.73 Å². The maximum absolute atomic E-state index is 11.6. The van der Waals surface area contributed by atoms with Crippen molar-refractivity contribution in [2.75, 3.05) is 0 Å². The molecule has 82 valence electrons. The van der Waals surface area contributed by atoms with Crippen molar-refractivity contribution in [2.45, 2.75) is 53.1 Å². The van der Waals surface area contributed by atoms with Crippen LogP contribution in [0.25, 0.3) is 0 Å². The molecular weight excluding hydrogens is 176 g/mol. The molecule has 1 fully saturated rings. The SMILES string of the molecule is CCC(N)C(=O)NC1C(C)(C)C1(C)C. The third-order valence-electron chi connectivity index (χ3n) is 4.08. The van der Waals surface area contributed by atoms with Crippen LogP contribution in [0, 0.1) is 10.8 Å². The molecule has 1 saturated carbocycles. The largest absolute Gasteiger partial charge is 0.351 e. The van der Waals surface area contributed by atoms with E-state index >= 15 is 0 Å². The van der Waals surface area contributed by atoms with E-state index in [1.807, 2.05) is 6.92 Å². The predicted molar refractivity (Wildman–Crippen MR) is 57.8 cm³/mol. The lowest BCUT2D eigenvalue weighted by atomic mass is 10.0. The van der Waals surface area contributed by atoms with Crippen LogP contribution in [0.1, 0.15) is 41.0 Å². The fourth-order valence-electron chi connectivity index (χ4n) is 1.99. The highest BCUT2D eigenvalue weighted by molar-refractivity contribution is 5.82. The first-order chi connectivity index (χ1) is 6.25. The van der Waals surface area contributed by atoms with Gasteiger partial charge < -0.3 is 11.1 Å². The molecule has 0 heterocycles. The molecule has 3 nitrogen and oxygen atoms in total. The van der Waals surface area contributed by atoms with E-state index in [9.17, 15) is 4.79 Å². The van der Waals surface area contributed by atoms with E-state index in [1.165, 1.54) is 0 Å². The van der Waals surface area contributed by atoms with E-state index < -0.39 is 0 Å². The number of nitrogens with one attached hydrogen (secondary N) is 1. The van der Waals surface area contributed by atoms with Gasteiger partial charge in [-0.15, -0.1) is 0 Å². The van der Waals surface area contributed by atoms with Crippen molar-refractivity contribution in [2.24, 2.45) is 16.6 Å². The number of amides is 1. The first kappa shape index (κ1) is 11.5. The molecule has 0 aromatic carbocycles. The predicted octanol–water partition coefficient (Wildman–Crippen LogP) is 1.27. The standard InChI is InChI=1S/C11H22N2O/c1-6-7(12)8(14)13-9-10(2,3)11(9,4)5/h7,9H,6,12H2,1-5H3,(H,13,14). The Morgan fingerprint density at radius 2 is 1.79 bits per heavy atom. The van der Waals surface area contributed by atoms with Crippen molar-refractivity contribution in [3.63, 3.8) is 0 Å². The number of carbonyl (C=O) groups is 1. The topological polar surface area (TPSA) is 55.1 Å². The number of rotatable bonds is 3. The monoisotopic (exact) mass is 198 g/mol. The summed E-state index contributed by atoms with van der Waals surface area (Å²) in [6, 6.07) is -0.0951. The minimum Gasteiger partial charge on any atom is -0.351 e. The van der Waals surface area contributed by atoms with E-state index in [1.54, 1.807) is 0 Å². The molecule has 1 unspecified atom stereocenters. The smallest absolute Gasteiger partial charge is 0.237 e. The molecule has 3 heteroatoms. The summed E-state index contributed by atoms with van der Waals surface area (Å²) in [7, 11) is 0. The van der Waals surface area contributed by atoms with Gasteiger partial charge in [0.25, 0.3) is 0 Å². The third-order valence-corrected chi connectivity index (χ3v) is 4.08. The summed E-state index contributed by atoms with van der Waals surface area (Å²) in [5.74, 6) is -0.0175. The zero-order valence-electron chi connectivity index (χ0n) is 9.85. The molecule has 0 saturated heterocycles. The van der Waals surface area contributed by atoms with Crippen LogP contribution in [0.2, 0.25) is 0 Å². The summed E-state index contributed by atoms with van der Waals surface area (Å²) in [6.45, 7) is 10.6. The van der Waals surface area contributed by atoms with Crippen LogP contribution in [0.4, 0.5) is 0 Å². The van der Waals surface area contributed by atoms with Crippen LogP contribution in [0.3, 0.4) is 0 Å². The highest BCUT2D eigenvalue weighted by Crippen LogP contribution is 2.62. The second-order valence-electron chi connectivity index (χ2n) is 5.40. The molecule has 0 bridgehead atoms. The number of carbonyl (C=O) groups excluding carboxylic acids is 1. The summed E-state index contributed by atoms with van der Waals surface area (Å²) < 4.78 is 0. The van der Waals surface area contributed by atoms with Gasteiger partial charge in [0.15, 0.2) is 0 Å². The third kappa shape index (κ3) is 1.54. The summed E-state index contributed by atoms with van der Waals surface area (Å²) in [6.07, 6.45) is 0.694. The molecule has 0 aliphatic heterocycles. The average Bonchev–Trinajstić information content (AvgIpc) is 2.46. The van der Waals surface area contributed by atoms with E-state index in [2.05, 4.69) is 33.0 Å². The number of nitrogens with two attached hydrogens (primary N) is 1. The van der Waals surface area contributed by atoms with Crippen LogP contribution >= 0.6 is 0 Å². The highest BCUT2D eigenvalue weighted by Gasteiger charge is 2.65. The maximum atomic E-state index is 11.6. The van der Waals surface area contributed by atoms with E-state index in [0.29, 0.717) is 6.42 Å². The second kappa shape index (κ2) is 3.23. The maximum Gasteiger partial charge on any atom is 0.237 e. The van der Waals surface area contributed by atoms with Gasteiger partial charge in [0.2, 0.25) is 5.91 Å². The Bertz CT molecular complexity index is 232. The van der Waals surface area contributed by atoms with Crippen LogP contribution < -0.4 is 11.1 Å². The van der Waals surface area contributed by atoms with Gasteiger partial charge in [0.05, 0.1) is 6.04 Å². The molecule has 0 aromatic heterocycles. The van der Waals surface area contributed by atoms with Gasteiger partial charge in [-0.25, -0.2) is 0 Å². The molecule has 3 N–H and O–H groups in total. The van der Waals surface area contributed by atoms with Gasteiger partial charge in [-0.2, -0.15) is 0 Å². The summed E-state index contributed by atoms with van der Waals surface area (Å²) in [5, 5.41) is 3.02. The van der Waals surface area contributed by atoms with Gasteiger partial charge in [-0.1, -0.05) is 34.6 Å². The molecular formula is C11H22N2O. The van der Waals surface area contributed by atoms with Crippen LogP contribution in [-0.2, 0) is 4.79 Å². The molecule has 14 heavy (non-hydrogen) atoms. The molecule has 1 amide bonds. The first-order valence-corrected chi connectivity index (χ1v) is 5.31. The fourth-order valence-corrected chi connectivity index (χ4v) is 1.99. The molecule has 1 atom stereocenters. The lowest BCUT2D eigenvalue weighted by Crippen LogP contribution is -2.42. The minimum absolute atomic E-state index is 0.0175.